The van der Waals surface area contributed by atoms with Crippen LogP contribution in [0.15, 0.2) is 17.5 Å². The van der Waals surface area contributed by atoms with Crippen molar-refractivity contribution in [3.05, 3.63) is 22.4 Å². The molecule has 0 spiro atoms. The van der Waals surface area contributed by atoms with Gasteiger partial charge in [-0.25, -0.2) is 0 Å². The van der Waals surface area contributed by atoms with E-state index >= 15 is 0 Å². The van der Waals surface area contributed by atoms with Crippen molar-refractivity contribution in [3.8, 4) is 0 Å². The van der Waals surface area contributed by atoms with Gasteiger partial charge in [0.15, 0.2) is 0 Å². The number of carbonyl (C=O) groups is 1. The highest BCUT2D eigenvalue weighted by Crippen LogP contribution is 2.10. The highest BCUT2D eigenvalue weighted by molar-refractivity contribution is 7.10. The van der Waals surface area contributed by atoms with E-state index in [4.69, 9.17) is 0 Å². The molecule has 0 bridgehead atoms. The molecular weight excluding hydrogens is 232 g/mol. The predicted molar refractivity (Wildman–Crippen MR) is 64.7 cm³/mol. The Labute approximate surface area is 99.9 Å². The maximum atomic E-state index is 11.8. The van der Waals surface area contributed by atoms with Crippen LogP contribution in [0, 0.1) is 0 Å². The lowest BCUT2D eigenvalue weighted by Gasteiger charge is -2.27. The summed E-state index contributed by atoms with van der Waals surface area (Å²) in [6.07, 6.45) is 0.567. The van der Waals surface area contributed by atoms with Gasteiger partial charge in [0.05, 0.1) is 6.42 Å². The summed E-state index contributed by atoms with van der Waals surface area (Å²) in [4.78, 5) is 14.9. The van der Waals surface area contributed by atoms with Gasteiger partial charge in [0, 0.05) is 31.1 Å². The number of hydrogen-bond donors (Lipinski definition) is 1. The summed E-state index contributed by atoms with van der Waals surface area (Å²) in [6, 6.07) is 4.01. The summed E-state index contributed by atoms with van der Waals surface area (Å²) in [5.41, 5.74) is 0. The third kappa shape index (κ3) is 3.48. The normalized spacial score (nSPS) is 15.9. The van der Waals surface area contributed by atoms with Gasteiger partial charge in [-0.15, -0.1) is 23.7 Å². The van der Waals surface area contributed by atoms with Crippen molar-refractivity contribution in [1.29, 1.82) is 0 Å². The van der Waals surface area contributed by atoms with Crippen molar-refractivity contribution in [1.82, 2.24) is 10.2 Å². The number of halogens is 1. The van der Waals surface area contributed by atoms with Crippen LogP contribution in [0.5, 0.6) is 0 Å². The third-order valence-electron chi connectivity index (χ3n) is 2.38. The Morgan fingerprint density at radius 1 is 1.47 bits per heavy atom. The van der Waals surface area contributed by atoms with Crippen LogP contribution >= 0.6 is 23.7 Å². The van der Waals surface area contributed by atoms with Gasteiger partial charge in [-0.3, -0.25) is 4.79 Å². The van der Waals surface area contributed by atoms with E-state index in [2.05, 4.69) is 5.32 Å². The molecule has 1 aliphatic rings. The van der Waals surface area contributed by atoms with Crippen LogP contribution in [-0.2, 0) is 11.2 Å². The second-order valence-electron chi connectivity index (χ2n) is 3.39. The van der Waals surface area contributed by atoms with Gasteiger partial charge < -0.3 is 10.2 Å². The minimum absolute atomic E-state index is 0. The van der Waals surface area contributed by atoms with Crippen LogP contribution in [0.3, 0.4) is 0 Å². The van der Waals surface area contributed by atoms with Gasteiger partial charge in [0.2, 0.25) is 5.91 Å². The summed E-state index contributed by atoms with van der Waals surface area (Å²) < 4.78 is 0. The van der Waals surface area contributed by atoms with Crippen LogP contribution in [0.4, 0.5) is 0 Å². The van der Waals surface area contributed by atoms with Crippen molar-refractivity contribution in [2.75, 3.05) is 26.2 Å². The highest BCUT2D eigenvalue weighted by atomic mass is 35.5. The number of thiophene rings is 1. The molecule has 15 heavy (non-hydrogen) atoms. The van der Waals surface area contributed by atoms with Crippen molar-refractivity contribution in [2.45, 2.75) is 6.42 Å². The molecule has 1 saturated heterocycles. The van der Waals surface area contributed by atoms with Gasteiger partial charge >= 0.3 is 0 Å². The maximum Gasteiger partial charge on any atom is 0.227 e. The number of nitrogens with zero attached hydrogens (tertiary/aromatic N) is 1. The first-order valence-electron chi connectivity index (χ1n) is 4.87. The molecule has 1 aromatic heterocycles. The van der Waals surface area contributed by atoms with E-state index in [1.807, 2.05) is 22.4 Å². The molecule has 0 aromatic carbocycles. The fourth-order valence-corrected chi connectivity index (χ4v) is 2.28. The Balaban J connectivity index is 0.00000112. The second-order valence-corrected chi connectivity index (χ2v) is 4.42. The van der Waals surface area contributed by atoms with E-state index in [-0.39, 0.29) is 18.3 Å². The number of carbonyl (C=O) groups excluding carboxylic acids is 1. The summed E-state index contributed by atoms with van der Waals surface area (Å²) in [5.74, 6) is 0.258. The summed E-state index contributed by atoms with van der Waals surface area (Å²) in [7, 11) is 0. The van der Waals surface area contributed by atoms with E-state index in [9.17, 15) is 4.79 Å². The molecule has 0 saturated carbocycles. The molecular formula is C10H15ClN2OS. The Bertz CT molecular complexity index is 296. The molecule has 1 amide bonds. The zero-order chi connectivity index (χ0) is 9.80. The maximum absolute atomic E-state index is 11.8. The Hall–Kier alpha value is -0.580. The first-order chi connectivity index (χ1) is 6.86. The Morgan fingerprint density at radius 2 is 2.20 bits per heavy atom. The molecule has 84 valence electrons. The second kappa shape index (κ2) is 6.10. The highest BCUT2D eigenvalue weighted by Gasteiger charge is 2.16. The number of amides is 1. The van der Waals surface area contributed by atoms with Crippen molar-refractivity contribution in [2.24, 2.45) is 0 Å². The molecule has 0 aliphatic carbocycles. The van der Waals surface area contributed by atoms with E-state index in [0.29, 0.717) is 6.42 Å². The summed E-state index contributed by atoms with van der Waals surface area (Å²) >= 11 is 1.65. The average molecular weight is 247 g/mol. The van der Waals surface area contributed by atoms with Gasteiger partial charge in [0.1, 0.15) is 0 Å². The third-order valence-corrected chi connectivity index (χ3v) is 3.25. The van der Waals surface area contributed by atoms with Crippen LogP contribution < -0.4 is 5.32 Å². The molecule has 2 rings (SSSR count). The lowest BCUT2D eigenvalue weighted by molar-refractivity contribution is -0.130. The number of nitrogens with one attached hydrogen (secondary N) is 1. The first kappa shape index (κ1) is 12.5. The summed E-state index contributed by atoms with van der Waals surface area (Å²) in [5, 5.41) is 5.25. The molecule has 3 nitrogen and oxygen atoms in total. The number of hydrogen-bond acceptors (Lipinski definition) is 3. The number of rotatable bonds is 2. The molecule has 0 unspecified atom stereocenters. The van der Waals surface area contributed by atoms with E-state index in [0.717, 1.165) is 31.1 Å². The van der Waals surface area contributed by atoms with Crippen molar-refractivity contribution >= 4 is 29.7 Å². The van der Waals surface area contributed by atoms with Gasteiger partial charge in [-0.05, 0) is 11.4 Å². The lowest BCUT2D eigenvalue weighted by atomic mass is 10.3. The fraction of sp³-hybridized carbons (Fsp3) is 0.500. The standard InChI is InChI=1S/C10H14N2OS.ClH/c13-10(8-9-2-1-7-14-9)12-5-3-11-4-6-12;/h1-2,7,11H,3-6,8H2;1H. The minimum Gasteiger partial charge on any atom is -0.340 e. The van der Waals surface area contributed by atoms with Crippen LogP contribution in [0.1, 0.15) is 4.88 Å². The zero-order valence-electron chi connectivity index (χ0n) is 8.44. The van der Waals surface area contributed by atoms with Gasteiger partial charge in [0.25, 0.3) is 0 Å². The lowest BCUT2D eigenvalue weighted by Crippen LogP contribution is -2.46. The molecule has 1 N–H and O–H groups in total. The van der Waals surface area contributed by atoms with Crippen LogP contribution in [0.25, 0.3) is 0 Å². The molecule has 2 heterocycles. The number of piperazine rings is 1. The van der Waals surface area contributed by atoms with Gasteiger partial charge in [-0.2, -0.15) is 0 Å². The molecule has 0 radical (unpaired) electrons. The molecule has 5 heteroatoms. The smallest absolute Gasteiger partial charge is 0.227 e. The molecule has 1 fully saturated rings. The first-order valence-corrected chi connectivity index (χ1v) is 5.75. The van der Waals surface area contributed by atoms with E-state index < -0.39 is 0 Å². The fourth-order valence-electron chi connectivity index (χ4n) is 1.59. The Morgan fingerprint density at radius 3 is 2.80 bits per heavy atom. The largest absolute Gasteiger partial charge is 0.340 e. The molecule has 1 aromatic rings. The van der Waals surface area contributed by atoms with Crippen LogP contribution in [0.2, 0.25) is 0 Å². The van der Waals surface area contributed by atoms with Gasteiger partial charge in [-0.1, -0.05) is 6.07 Å². The average Bonchev–Trinajstić information content (AvgIpc) is 2.72. The topological polar surface area (TPSA) is 32.3 Å². The van der Waals surface area contributed by atoms with Crippen molar-refractivity contribution < 1.29 is 4.79 Å². The summed E-state index contributed by atoms with van der Waals surface area (Å²) in [6.45, 7) is 3.56. The van der Waals surface area contributed by atoms with Crippen molar-refractivity contribution in [3.63, 3.8) is 0 Å². The SMILES string of the molecule is Cl.O=C(Cc1cccs1)N1CCNCC1. The predicted octanol–water partition coefficient (Wildman–Crippen LogP) is 1.14. The zero-order valence-corrected chi connectivity index (χ0v) is 10.1. The van der Waals surface area contributed by atoms with E-state index in [1.54, 1.807) is 11.3 Å². The minimum atomic E-state index is 0. The van der Waals surface area contributed by atoms with Crippen LogP contribution in [-0.4, -0.2) is 37.0 Å². The van der Waals surface area contributed by atoms with E-state index in [1.165, 1.54) is 0 Å². The monoisotopic (exact) mass is 246 g/mol. The Kier molecular flexibility index (Phi) is 5.08. The quantitative estimate of drug-likeness (QED) is 0.849. The molecule has 0 atom stereocenters. The molecule has 1 aliphatic heterocycles.